The number of benzene rings is 1. The third kappa shape index (κ3) is 18.6. The second-order valence-corrected chi connectivity index (χ2v) is 6.98. The van der Waals surface area contributed by atoms with Crippen LogP contribution < -0.4 is 5.32 Å². The van der Waals surface area contributed by atoms with Crippen molar-refractivity contribution in [2.45, 2.75) is 13.3 Å². The van der Waals surface area contributed by atoms with Gasteiger partial charge < -0.3 is 37.9 Å². The molecule has 10 heteroatoms. The summed E-state index contributed by atoms with van der Waals surface area (Å²) in [7, 11) is 1.64. The summed E-state index contributed by atoms with van der Waals surface area (Å²) in [5.74, 6) is 0. The van der Waals surface area contributed by atoms with Crippen LogP contribution in [0.2, 0.25) is 0 Å². The van der Waals surface area contributed by atoms with E-state index in [2.05, 4.69) is 12.2 Å². The number of nitrogens with one attached hydrogen (secondary N) is 1. The Morgan fingerprint density at radius 1 is 0.618 bits per heavy atom. The quantitative estimate of drug-likeness (QED) is 0.233. The maximum atomic E-state index is 11.7. The summed E-state index contributed by atoms with van der Waals surface area (Å²) in [5.41, 5.74) is 1.92. The van der Waals surface area contributed by atoms with Gasteiger partial charge in [0.1, 0.15) is 6.61 Å². The lowest BCUT2D eigenvalue weighted by atomic mass is 10.1. The minimum atomic E-state index is -0.499. The lowest BCUT2D eigenvalue weighted by Crippen LogP contribution is -2.18. The van der Waals surface area contributed by atoms with E-state index in [0.717, 1.165) is 6.42 Å². The Hall–Kier alpha value is -1.79. The molecular weight excluding hydrogens is 446 g/mol. The minimum Gasteiger partial charge on any atom is -0.447 e. The Kier molecular flexibility index (Phi) is 20.4. The standard InChI is InChI=1S/C24H41NO9/c1-3-22-4-6-23(7-5-22)25-24(26)34-21-20-33-19-18-32-17-16-31-15-14-30-13-12-29-11-10-28-9-8-27-2/h4-7H,3,8-21H2,1-2H3,(H,25,26). The second-order valence-electron chi connectivity index (χ2n) is 6.98. The van der Waals surface area contributed by atoms with Gasteiger partial charge in [-0.25, -0.2) is 4.79 Å². The van der Waals surface area contributed by atoms with Gasteiger partial charge in [-0.05, 0) is 24.1 Å². The van der Waals surface area contributed by atoms with Crippen LogP contribution in [-0.4, -0.2) is 106 Å². The molecule has 1 aromatic rings. The van der Waals surface area contributed by atoms with Crippen molar-refractivity contribution in [3.63, 3.8) is 0 Å². The lowest BCUT2D eigenvalue weighted by molar-refractivity contribution is -0.0204. The summed E-state index contributed by atoms with van der Waals surface area (Å²) in [4.78, 5) is 11.7. The number of methoxy groups -OCH3 is 1. The molecule has 0 aliphatic heterocycles. The molecule has 10 nitrogen and oxygen atoms in total. The van der Waals surface area contributed by atoms with E-state index >= 15 is 0 Å². The number of amides is 1. The van der Waals surface area contributed by atoms with E-state index in [0.29, 0.717) is 91.6 Å². The number of anilines is 1. The SMILES string of the molecule is CCc1ccc(NC(=O)OCCOCCOCCOCCOCCOCCOCCOC)cc1. The molecule has 1 amide bonds. The van der Waals surface area contributed by atoms with Crippen molar-refractivity contribution in [1.82, 2.24) is 0 Å². The molecular formula is C24H41NO9. The van der Waals surface area contributed by atoms with E-state index < -0.39 is 6.09 Å². The van der Waals surface area contributed by atoms with Gasteiger partial charge in [-0.2, -0.15) is 0 Å². The van der Waals surface area contributed by atoms with Gasteiger partial charge in [-0.15, -0.1) is 0 Å². The van der Waals surface area contributed by atoms with Gasteiger partial charge in [0.2, 0.25) is 0 Å². The first-order valence-corrected chi connectivity index (χ1v) is 11.7. The van der Waals surface area contributed by atoms with E-state index in [1.165, 1.54) is 5.56 Å². The molecule has 0 saturated carbocycles. The fourth-order valence-electron chi connectivity index (χ4n) is 2.51. The maximum absolute atomic E-state index is 11.7. The van der Waals surface area contributed by atoms with E-state index in [1.807, 2.05) is 24.3 Å². The Morgan fingerprint density at radius 2 is 1.00 bits per heavy atom. The van der Waals surface area contributed by atoms with Crippen molar-refractivity contribution < 1.29 is 42.7 Å². The molecule has 34 heavy (non-hydrogen) atoms. The van der Waals surface area contributed by atoms with E-state index in [4.69, 9.17) is 37.9 Å². The van der Waals surface area contributed by atoms with Crippen LogP contribution in [0.25, 0.3) is 0 Å². The van der Waals surface area contributed by atoms with Gasteiger partial charge in [0.05, 0.1) is 85.9 Å². The molecule has 0 fully saturated rings. The smallest absolute Gasteiger partial charge is 0.411 e. The Bertz CT molecular complexity index is 586. The van der Waals surface area contributed by atoms with Crippen molar-refractivity contribution in [2.75, 3.05) is 105 Å². The first-order chi connectivity index (χ1) is 16.8. The summed E-state index contributed by atoms with van der Waals surface area (Å²) < 4.78 is 42.2. The summed E-state index contributed by atoms with van der Waals surface area (Å²) in [6.07, 6.45) is 0.457. The first-order valence-electron chi connectivity index (χ1n) is 11.7. The number of hydrogen-bond donors (Lipinski definition) is 1. The van der Waals surface area contributed by atoms with Gasteiger partial charge in [-0.1, -0.05) is 19.1 Å². The van der Waals surface area contributed by atoms with Gasteiger partial charge in [0.25, 0.3) is 0 Å². The van der Waals surface area contributed by atoms with Crippen molar-refractivity contribution in [3.05, 3.63) is 29.8 Å². The molecule has 0 unspecified atom stereocenters. The van der Waals surface area contributed by atoms with Crippen LogP contribution in [0, 0.1) is 0 Å². The number of carbonyl (C=O) groups excluding carboxylic acids is 1. The molecule has 0 bridgehead atoms. The highest BCUT2D eigenvalue weighted by molar-refractivity contribution is 5.84. The van der Waals surface area contributed by atoms with E-state index in [9.17, 15) is 4.79 Å². The monoisotopic (exact) mass is 487 g/mol. The van der Waals surface area contributed by atoms with Crippen molar-refractivity contribution >= 4 is 11.8 Å². The van der Waals surface area contributed by atoms with Crippen molar-refractivity contribution in [2.24, 2.45) is 0 Å². The molecule has 0 aliphatic rings. The predicted octanol–water partition coefficient (Wildman–Crippen LogP) is 2.54. The fourth-order valence-corrected chi connectivity index (χ4v) is 2.51. The van der Waals surface area contributed by atoms with Crippen molar-refractivity contribution in [3.8, 4) is 0 Å². The zero-order chi connectivity index (χ0) is 24.5. The fraction of sp³-hybridized carbons (Fsp3) is 0.708. The Morgan fingerprint density at radius 3 is 1.38 bits per heavy atom. The zero-order valence-corrected chi connectivity index (χ0v) is 20.6. The zero-order valence-electron chi connectivity index (χ0n) is 20.6. The molecule has 1 N–H and O–H groups in total. The average Bonchev–Trinajstić information content (AvgIpc) is 2.85. The Balaban J connectivity index is 1.75. The first kappa shape index (κ1) is 30.2. The molecule has 0 aliphatic carbocycles. The molecule has 0 atom stereocenters. The topological polar surface area (TPSA) is 103 Å². The summed E-state index contributed by atoms with van der Waals surface area (Å²) in [5, 5.41) is 2.68. The molecule has 196 valence electrons. The van der Waals surface area contributed by atoms with Crippen LogP contribution in [0.4, 0.5) is 10.5 Å². The highest BCUT2D eigenvalue weighted by Gasteiger charge is 2.03. The molecule has 0 radical (unpaired) electrons. The predicted molar refractivity (Wildman–Crippen MR) is 128 cm³/mol. The minimum absolute atomic E-state index is 0.176. The van der Waals surface area contributed by atoms with Gasteiger partial charge >= 0.3 is 6.09 Å². The number of rotatable bonds is 23. The molecule has 1 rings (SSSR count). The van der Waals surface area contributed by atoms with Crippen LogP contribution in [0.5, 0.6) is 0 Å². The van der Waals surface area contributed by atoms with Crippen LogP contribution in [0.1, 0.15) is 12.5 Å². The number of hydrogen-bond acceptors (Lipinski definition) is 9. The summed E-state index contributed by atoms with van der Waals surface area (Å²) in [6, 6.07) is 7.65. The highest BCUT2D eigenvalue weighted by Crippen LogP contribution is 2.10. The molecule has 0 heterocycles. The molecule has 0 spiro atoms. The summed E-state index contributed by atoms with van der Waals surface area (Å²) >= 11 is 0. The largest absolute Gasteiger partial charge is 0.447 e. The number of ether oxygens (including phenoxy) is 8. The third-order valence-corrected chi connectivity index (χ3v) is 4.36. The number of carbonyl (C=O) groups is 1. The van der Waals surface area contributed by atoms with Gasteiger partial charge in [-0.3, -0.25) is 5.32 Å². The van der Waals surface area contributed by atoms with E-state index in [1.54, 1.807) is 7.11 Å². The third-order valence-electron chi connectivity index (χ3n) is 4.36. The molecule has 0 aromatic heterocycles. The van der Waals surface area contributed by atoms with Crippen LogP contribution in [0.15, 0.2) is 24.3 Å². The van der Waals surface area contributed by atoms with E-state index in [-0.39, 0.29) is 6.61 Å². The molecule has 1 aromatic carbocycles. The highest BCUT2D eigenvalue weighted by atomic mass is 16.6. The lowest BCUT2D eigenvalue weighted by Gasteiger charge is -2.09. The van der Waals surface area contributed by atoms with Crippen LogP contribution in [-0.2, 0) is 44.3 Å². The average molecular weight is 488 g/mol. The van der Waals surface area contributed by atoms with Gasteiger partial charge in [0, 0.05) is 12.8 Å². The van der Waals surface area contributed by atoms with Crippen LogP contribution >= 0.6 is 0 Å². The molecule has 0 saturated heterocycles. The normalized spacial score (nSPS) is 11.0. The van der Waals surface area contributed by atoms with Crippen LogP contribution in [0.3, 0.4) is 0 Å². The number of aryl methyl sites for hydroxylation is 1. The Labute approximate surface area is 203 Å². The maximum Gasteiger partial charge on any atom is 0.411 e. The van der Waals surface area contributed by atoms with Gasteiger partial charge in [0.15, 0.2) is 0 Å². The summed E-state index contributed by atoms with van der Waals surface area (Å²) in [6.45, 7) is 8.72. The second kappa shape index (κ2) is 23.0. The van der Waals surface area contributed by atoms with Crippen molar-refractivity contribution in [1.29, 1.82) is 0 Å².